The van der Waals surface area contributed by atoms with Gasteiger partial charge in [0.25, 0.3) is 0 Å². The topological polar surface area (TPSA) is 88.0 Å². The highest BCUT2D eigenvalue weighted by Gasteiger charge is 2.19. The Bertz CT molecular complexity index is 448. The van der Waals surface area contributed by atoms with Crippen LogP contribution in [0.25, 0.3) is 0 Å². The Hall–Kier alpha value is -1.89. The standard InChI is InChI=1S/C8H4BFN2O2/c10-8-2-5(3-11)7(9(13)14)1-6(8)4-12/h1-2,13-14H. The highest BCUT2D eigenvalue weighted by Crippen LogP contribution is 2.07. The molecule has 1 rings (SSSR count). The number of hydrogen-bond acceptors (Lipinski definition) is 4. The zero-order valence-corrected chi connectivity index (χ0v) is 6.90. The molecule has 0 heterocycles. The summed E-state index contributed by atoms with van der Waals surface area (Å²) < 4.78 is 12.9. The van der Waals surface area contributed by atoms with E-state index in [0.29, 0.717) is 0 Å². The number of halogens is 1. The largest absolute Gasteiger partial charge is 0.489 e. The molecule has 6 heteroatoms. The van der Waals surface area contributed by atoms with Crippen molar-refractivity contribution in [2.24, 2.45) is 0 Å². The van der Waals surface area contributed by atoms with Crippen LogP contribution in [-0.4, -0.2) is 17.2 Å². The van der Waals surface area contributed by atoms with Crippen molar-refractivity contribution in [3.63, 3.8) is 0 Å². The third-order valence-corrected chi connectivity index (χ3v) is 1.66. The molecule has 68 valence electrons. The lowest BCUT2D eigenvalue weighted by Crippen LogP contribution is -2.32. The highest BCUT2D eigenvalue weighted by molar-refractivity contribution is 6.59. The van der Waals surface area contributed by atoms with E-state index >= 15 is 0 Å². The summed E-state index contributed by atoms with van der Waals surface area (Å²) in [6, 6.07) is 4.88. The average Bonchev–Trinajstić information content (AvgIpc) is 2.16. The van der Waals surface area contributed by atoms with E-state index in [-0.39, 0.29) is 16.6 Å². The first kappa shape index (κ1) is 10.2. The van der Waals surface area contributed by atoms with E-state index in [2.05, 4.69) is 0 Å². The molecule has 0 saturated heterocycles. The lowest BCUT2D eigenvalue weighted by Gasteiger charge is -2.03. The van der Waals surface area contributed by atoms with Crippen LogP contribution in [0, 0.1) is 28.5 Å². The lowest BCUT2D eigenvalue weighted by atomic mass is 9.76. The number of rotatable bonds is 1. The molecule has 0 aliphatic heterocycles. The normalized spacial score (nSPS) is 8.93. The van der Waals surface area contributed by atoms with Crippen molar-refractivity contribution >= 4 is 12.6 Å². The Labute approximate surface area is 79.6 Å². The number of nitrogens with zero attached hydrogens (tertiary/aromatic N) is 2. The van der Waals surface area contributed by atoms with E-state index in [1.807, 2.05) is 0 Å². The molecule has 0 fully saturated rings. The fourth-order valence-corrected chi connectivity index (χ4v) is 0.986. The minimum absolute atomic E-state index is 0.176. The summed E-state index contributed by atoms with van der Waals surface area (Å²) in [4.78, 5) is 0. The van der Waals surface area contributed by atoms with Gasteiger partial charge in [-0.3, -0.25) is 0 Å². The maximum atomic E-state index is 12.9. The number of nitriles is 2. The molecule has 0 aliphatic carbocycles. The van der Waals surface area contributed by atoms with Crippen LogP contribution in [0.2, 0.25) is 0 Å². The molecule has 0 aromatic heterocycles. The molecule has 0 spiro atoms. The van der Waals surface area contributed by atoms with Crippen molar-refractivity contribution in [2.75, 3.05) is 0 Å². The quantitative estimate of drug-likeness (QED) is 0.570. The SMILES string of the molecule is N#Cc1cc(B(O)O)c(C#N)cc1F. The van der Waals surface area contributed by atoms with Gasteiger partial charge in [-0.05, 0) is 12.1 Å². The van der Waals surface area contributed by atoms with Gasteiger partial charge in [-0.1, -0.05) is 0 Å². The molecular weight excluding hydrogens is 186 g/mol. The van der Waals surface area contributed by atoms with Gasteiger partial charge < -0.3 is 10.0 Å². The maximum absolute atomic E-state index is 12.9. The lowest BCUT2D eigenvalue weighted by molar-refractivity contribution is 0.425. The molecule has 14 heavy (non-hydrogen) atoms. The zero-order chi connectivity index (χ0) is 10.7. The Kier molecular flexibility index (Phi) is 2.83. The van der Waals surface area contributed by atoms with Crippen LogP contribution in [0.3, 0.4) is 0 Å². The van der Waals surface area contributed by atoms with E-state index in [1.54, 1.807) is 6.07 Å². The van der Waals surface area contributed by atoms with Gasteiger partial charge in [0.15, 0.2) is 0 Å². The summed E-state index contributed by atoms with van der Waals surface area (Å²) >= 11 is 0. The molecule has 0 saturated carbocycles. The van der Waals surface area contributed by atoms with E-state index in [9.17, 15) is 4.39 Å². The Morgan fingerprint density at radius 2 is 1.71 bits per heavy atom. The van der Waals surface area contributed by atoms with Crippen LogP contribution >= 0.6 is 0 Å². The third-order valence-electron chi connectivity index (χ3n) is 1.66. The number of hydrogen-bond donors (Lipinski definition) is 2. The van der Waals surface area contributed by atoms with Crippen molar-refractivity contribution in [2.45, 2.75) is 0 Å². The predicted molar refractivity (Wildman–Crippen MR) is 45.7 cm³/mol. The first-order valence-electron chi connectivity index (χ1n) is 3.60. The Morgan fingerprint density at radius 1 is 1.14 bits per heavy atom. The van der Waals surface area contributed by atoms with Gasteiger partial charge in [0.1, 0.15) is 11.9 Å². The van der Waals surface area contributed by atoms with Gasteiger partial charge in [0.2, 0.25) is 0 Å². The molecule has 0 amide bonds. The average molecular weight is 190 g/mol. The first-order chi connectivity index (χ1) is 6.60. The monoisotopic (exact) mass is 190 g/mol. The van der Waals surface area contributed by atoms with Crippen LogP contribution < -0.4 is 5.46 Å². The Balaban J connectivity index is 3.44. The third kappa shape index (κ3) is 1.72. The summed E-state index contributed by atoms with van der Waals surface area (Å²) in [5, 5.41) is 34.6. The van der Waals surface area contributed by atoms with Crippen molar-refractivity contribution in [1.82, 2.24) is 0 Å². The van der Waals surface area contributed by atoms with Crippen molar-refractivity contribution in [3.05, 3.63) is 29.1 Å². The molecule has 0 aliphatic rings. The van der Waals surface area contributed by atoms with Gasteiger partial charge in [-0.15, -0.1) is 0 Å². The van der Waals surface area contributed by atoms with Crippen LogP contribution in [-0.2, 0) is 0 Å². The van der Waals surface area contributed by atoms with E-state index in [1.165, 1.54) is 6.07 Å². The molecule has 2 N–H and O–H groups in total. The second-order valence-electron chi connectivity index (χ2n) is 2.52. The first-order valence-corrected chi connectivity index (χ1v) is 3.60. The Morgan fingerprint density at radius 3 is 2.14 bits per heavy atom. The summed E-state index contributed by atoms with van der Waals surface area (Å²) in [5.41, 5.74) is -0.700. The smallest absolute Gasteiger partial charge is 0.423 e. The molecule has 1 aromatic carbocycles. The van der Waals surface area contributed by atoms with Crippen LogP contribution in [0.4, 0.5) is 4.39 Å². The summed E-state index contributed by atoms with van der Waals surface area (Å²) in [5.74, 6) is -0.853. The fourth-order valence-electron chi connectivity index (χ4n) is 0.986. The molecule has 0 atom stereocenters. The van der Waals surface area contributed by atoms with Gasteiger partial charge in [-0.25, -0.2) is 4.39 Å². The maximum Gasteiger partial charge on any atom is 0.489 e. The predicted octanol–water partition coefficient (Wildman–Crippen LogP) is -0.751. The number of benzene rings is 1. The van der Waals surface area contributed by atoms with E-state index in [4.69, 9.17) is 20.6 Å². The molecule has 4 nitrogen and oxygen atoms in total. The van der Waals surface area contributed by atoms with Crippen LogP contribution in [0.1, 0.15) is 11.1 Å². The van der Waals surface area contributed by atoms with E-state index < -0.39 is 12.9 Å². The van der Waals surface area contributed by atoms with Gasteiger partial charge in [0, 0.05) is 5.46 Å². The second-order valence-corrected chi connectivity index (χ2v) is 2.52. The van der Waals surface area contributed by atoms with Gasteiger partial charge >= 0.3 is 7.12 Å². The second kappa shape index (κ2) is 3.88. The van der Waals surface area contributed by atoms with Crippen molar-refractivity contribution in [3.8, 4) is 12.1 Å². The molecule has 0 bridgehead atoms. The van der Waals surface area contributed by atoms with Crippen molar-refractivity contribution < 1.29 is 14.4 Å². The highest BCUT2D eigenvalue weighted by atomic mass is 19.1. The minimum atomic E-state index is -1.89. The molecule has 0 radical (unpaired) electrons. The van der Waals surface area contributed by atoms with Crippen LogP contribution in [0.5, 0.6) is 0 Å². The summed E-state index contributed by atoms with van der Waals surface area (Å²) in [7, 11) is -1.89. The fraction of sp³-hybridized carbons (Fsp3) is 0. The van der Waals surface area contributed by atoms with Gasteiger partial charge in [0.05, 0.1) is 17.2 Å². The van der Waals surface area contributed by atoms with Gasteiger partial charge in [-0.2, -0.15) is 10.5 Å². The molecular formula is C8H4BFN2O2. The van der Waals surface area contributed by atoms with E-state index in [0.717, 1.165) is 12.1 Å². The van der Waals surface area contributed by atoms with Crippen molar-refractivity contribution in [1.29, 1.82) is 10.5 Å². The summed E-state index contributed by atoms with van der Waals surface area (Å²) in [6.45, 7) is 0. The summed E-state index contributed by atoms with van der Waals surface area (Å²) in [6.07, 6.45) is 0. The van der Waals surface area contributed by atoms with Crippen LogP contribution in [0.15, 0.2) is 12.1 Å². The molecule has 1 aromatic rings. The minimum Gasteiger partial charge on any atom is -0.423 e. The molecule has 0 unspecified atom stereocenters. The zero-order valence-electron chi connectivity index (χ0n) is 6.90.